The largest absolute Gasteiger partial charge is 0.390 e. The van der Waals surface area contributed by atoms with Gasteiger partial charge >= 0.3 is 6.18 Å². The molecule has 2 N–H and O–H groups in total. The number of benzene rings is 1. The highest BCUT2D eigenvalue weighted by Crippen LogP contribution is 2.18. The second-order valence-electron chi connectivity index (χ2n) is 5.22. The molecule has 0 amide bonds. The summed E-state index contributed by atoms with van der Waals surface area (Å²) in [7, 11) is 5.48. The van der Waals surface area contributed by atoms with Crippen molar-refractivity contribution in [3.05, 3.63) is 29.3 Å². The molecule has 0 aliphatic rings. The highest BCUT2D eigenvalue weighted by Gasteiger charge is 2.26. The summed E-state index contributed by atoms with van der Waals surface area (Å²) < 4.78 is 36.3. The van der Waals surface area contributed by atoms with Gasteiger partial charge in [-0.25, -0.2) is 0 Å². The van der Waals surface area contributed by atoms with Gasteiger partial charge in [0, 0.05) is 39.9 Å². The lowest BCUT2D eigenvalue weighted by Gasteiger charge is -2.17. The van der Waals surface area contributed by atoms with Crippen LogP contribution in [0.1, 0.15) is 17.5 Å². The fourth-order valence-electron chi connectivity index (χ4n) is 1.88. The summed E-state index contributed by atoms with van der Waals surface area (Å²) in [5.41, 5.74) is 3.29. The predicted molar refractivity (Wildman–Crippen MR) is 84.4 cm³/mol. The average Bonchev–Trinajstić information content (AvgIpc) is 2.42. The van der Waals surface area contributed by atoms with Crippen molar-refractivity contribution in [2.24, 2.45) is 4.99 Å². The highest BCUT2D eigenvalue weighted by molar-refractivity contribution is 5.79. The molecule has 0 radical (unpaired) electrons. The van der Waals surface area contributed by atoms with E-state index in [-0.39, 0.29) is 6.54 Å². The molecular formula is C15H23F3N4. The van der Waals surface area contributed by atoms with Crippen molar-refractivity contribution >= 4 is 11.6 Å². The predicted octanol–water partition coefficient (Wildman–Crippen LogP) is 2.68. The second-order valence-corrected chi connectivity index (χ2v) is 5.22. The van der Waals surface area contributed by atoms with Crippen LogP contribution in [0, 0.1) is 6.92 Å². The fraction of sp³-hybridized carbons (Fsp3) is 0.533. The van der Waals surface area contributed by atoms with E-state index < -0.39 is 12.6 Å². The van der Waals surface area contributed by atoms with Crippen LogP contribution in [0.4, 0.5) is 18.9 Å². The van der Waals surface area contributed by atoms with Crippen molar-refractivity contribution in [2.75, 3.05) is 32.6 Å². The maximum atomic E-state index is 12.1. The number of aryl methyl sites for hydroxylation is 1. The van der Waals surface area contributed by atoms with Gasteiger partial charge in [-0.05, 0) is 30.2 Å². The van der Waals surface area contributed by atoms with E-state index in [2.05, 4.69) is 21.7 Å². The summed E-state index contributed by atoms with van der Waals surface area (Å²) in [6, 6.07) is 6.07. The highest BCUT2D eigenvalue weighted by atomic mass is 19.4. The number of alkyl halides is 3. The minimum atomic E-state index is -4.16. The van der Waals surface area contributed by atoms with Gasteiger partial charge in [-0.1, -0.05) is 6.07 Å². The molecule has 22 heavy (non-hydrogen) atoms. The van der Waals surface area contributed by atoms with Gasteiger partial charge in [0.2, 0.25) is 0 Å². The Balaban J connectivity index is 2.53. The van der Waals surface area contributed by atoms with Crippen LogP contribution in [0.25, 0.3) is 0 Å². The van der Waals surface area contributed by atoms with Crippen molar-refractivity contribution < 1.29 is 13.2 Å². The van der Waals surface area contributed by atoms with E-state index in [9.17, 15) is 13.2 Å². The zero-order valence-electron chi connectivity index (χ0n) is 13.4. The molecule has 0 spiro atoms. The van der Waals surface area contributed by atoms with Crippen molar-refractivity contribution in [2.45, 2.75) is 26.1 Å². The molecule has 1 rings (SSSR count). The maximum absolute atomic E-state index is 12.1. The molecule has 0 aromatic heterocycles. The minimum absolute atomic E-state index is 0.193. The fourth-order valence-corrected chi connectivity index (χ4v) is 1.88. The summed E-state index contributed by atoms with van der Waals surface area (Å²) in [5, 5.41) is 5.68. The summed E-state index contributed by atoms with van der Waals surface area (Å²) in [6.45, 7) is 2.32. The number of nitrogens with zero attached hydrogens (tertiary/aromatic N) is 2. The van der Waals surface area contributed by atoms with E-state index in [4.69, 9.17) is 0 Å². The first-order valence-corrected chi connectivity index (χ1v) is 7.01. The molecule has 0 fully saturated rings. The van der Waals surface area contributed by atoms with Crippen LogP contribution in [0.15, 0.2) is 23.2 Å². The Bertz CT molecular complexity index is 510. The molecule has 0 aliphatic carbocycles. The molecule has 7 heteroatoms. The number of halogens is 3. The summed E-state index contributed by atoms with van der Waals surface area (Å²) in [4.78, 5) is 5.93. The molecule has 4 nitrogen and oxygen atoms in total. The van der Waals surface area contributed by atoms with E-state index in [1.807, 2.05) is 38.1 Å². The summed E-state index contributed by atoms with van der Waals surface area (Å²) >= 11 is 0. The maximum Gasteiger partial charge on any atom is 0.390 e. The van der Waals surface area contributed by atoms with Crippen molar-refractivity contribution in [1.82, 2.24) is 10.6 Å². The number of hydrogen-bond donors (Lipinski definition) is 2. The van der Waals surface area contributed by atoms with Crippen molar-refractivity contribution in [3.8, 4) is 0 Å². The molecule has 0 saturated carbocycles. The van der Waals surface area contributed by atoms with E-state index in [0.717, 1.165) is 16.8 Å². The van der Waals surface area contributed by atoms with Crippen LogP contribution in [-0.4, -0.2) is 39.8 Å². The molecule has 124 valence electrons. The van der Waals surface area contributed by atoms with E-state index in [1.54, 1.807) is 0 Å². The zero-order valence-corrected chi connectivity index (χ0v) is 13.4. The monoisotopic (exact) mass is 316 g/mol. The van der Waals surface area contributed by atoms with E-state index >= 15 is 0 Å². The molecule has 0 atom stereocenters. The number of nitrogens with one attached hydrogen (secondary N) is 2. The molecule has 1 aromatic rings. The number of aliphatic imine (C=N–C) groups is 1. The lowest BCUT2D eigenvalue weighted by molar-refractivity contribution is -0.132. The summed E-state index contributed by atoms with van der Waals surface area (Å²) in [6.07, 6.45) is -5.05. The Hall–Kier alpha value is -1.92. The number of hydrogen-bond acceptors (Lipinski definition) is 2. The van der Waals surface area contributed by atoms with Crippen LogP contribution in [0.2, 0.25) is 0 Å². The van der Waals surface area contributed by atoms with E-state index in [0.29, 0.717) is 12.5 Å². The molecule has 0 saturated heterocycles. The molecule has 0 bridgehead atoms. The third-order valence-corrected chi connectivity index (χ3v) is 3.21. The first kappa shape index (κ1) is 18.1. The topological polar surface area (TPSA) is 39.7 Å². The zero-order chi connectivity index (χ0) is 16.8. The first-order valence-electron chi connectivity index (χ1n) is 7.01. The van der Waals surface area contributed by atoms with Gasteiger partial charge in [-0.3, -0.25) is 4.99 Å². The van der Waals surface area contributed by atoms with Gasteiger partial charge in [0.05, 0.1) is 6.42 Å². The van der Waals surface area contributed by atoms with Crippen LogP contribution in [-0.2, 0) is 6.54 Å². The molecule has 0 aliphatic heterocycles. The third kappa shape index (κ3) is 6.24. The van der Waals surface area contributed by atoms with Gasteiger partial charge in [0.1, 0.15) is 0 Å². The lowest BCUT2D eigenvalue weighted by atomic mass is 10.1. The molecule has 0 heterocycles. The normalized spacial score (nSPS) is 12.2. The Morgan fingerprint density at radius 1 is 1.23 bits per heavy atom. The number of anilines is 1. The van der Waals surface area contributed by atoms with Crippen molar-refractivity contribution in [1.29, 1.82) is 0 Å². The molecular weight excluding hydrogens is 293 g/mol. The standard InChI is InChI=1S/C15H23F3N4/c1-11-9-13(22(3)4)6-5-12(11)10-21-14(19-2)20-8-7-15(16,17)18/h5-6,9H,7-8,10H2,1-4H3,(H2,19,20,21). The van der Waals surface area contributed by atoms with Crippen molar-refractivity contribution in [3.63, 3.8) is 0 Å². The van der Waals surface area contributed by atoms with Gasteiger partial charge in [0.15, 0.2) is 5.96 Å². The molecule has 0 unspecified atom stereocenters. The third-order valence-electron chi connectivity index (χ3n) is 3.21. The van der Waals surface area contributed by atoms with E-state index in [1.165, 1.54) is 7.05 Å². The van der Waals surface area contributed by atoms with Gasteiger partial charge in [0.25, 0.3) is 0 Å². The quantitative estimate of drug-likeness (QED) is 0.648. The Kier molecular flexibility index (Phi) is 6.52. The minimum Gasteiger partial charge on any atom is -0.378 e. The SMILES string of the molecule is CN=C(NCCC(F)(F)F)NCc1ccc(N(C)C)cc1C. The first-order chi connectivity index (χ1) is 10.2. The van der Waals surface area contributed by atoms with Crippen LogP contribution in [0.3, 0.4) is 0 Å². The number of rotatable bonds is 5. The van der Waals surface area contributed by atoms with Crippen LogP contribution < -0.4 is 15.5 Å². The van der Waals surface area contributed by atoms with Gasteiger partial charge in [-0.15, -0.1) is 0 Å². The Morgan fingerprint density at radius 2 is 1.91 bits per heavy atom. The average molecular weight is 316 g/mol. The number of guanidine groups is 1. The van der Waals surface area contributed by atoms with Gasteiger partial charge < -0.3 is 15.5 Å². The summed E-state index contributed by atoms with van der Waals surface area (Å²) in [5.74, 6) is 0.361. The van der Waals surface area contributed by atoms with Crippen LogP contribution >= 0.6 is 0 Å². The lowest BCUT2D eigenvalue weighted by Crippen LogP contribution is -2.38. The van der Waals surface area contributed by atoms with Crippen LogP contribution in [0.5, 0.6) is 0 Å². The second kappa shape index (κ2) is 7.91. The Morgan fingerprint density at radius 3 is 2.41 bits per heavy atom. The Labute approximate surface area is 129 Å². The molecule has 1 aromatic carbocycles. The van der Waals surface area contributed by atoms with Gasteiger partial charge in [-0.2, -0.15) is 13.2 Å². The smallest absolute Gasteiger partial charge is 0.378 e.